The minimum absolute atomic E-state index is 0.0468. The van der Waals surface area contributed by atoms with E-state index in [1.165, 1.54) is 11.3 Å². The summed E-state index contributed by atoms with van der Waals surface area (Å²) < 4.78 is 6.18. The van der Waals surface area contributed by atoms with E-state index in [0.717, 1.165) is 15.6 Å². The number of para-hydroxylation sites is 2. The van der Waals surface area contributed by atoms with E-state index >= 15 is 0 Å². The molecular formula is C18H11N3O2S. The lowest BCUT2D eigenvalue weighted by Crippen LogP contribution is -2.13. The molecule has 1 unspecified atom stereocenters. The molecule has 0 N–H and O–H groups in total. The first-order valence-corrected chi connectivity index (χ1v) is 8.19. The molecule has 0 aliphatic carbocycles. The molecule has 0 aliphatic rings. The molecule has 5 nitrogen and oxygen atoms in total. The van der Waals surface area contributed by atoms with Crippen LogP contribution in [-0.4, -0.2) is 15.9 Å². The number of hydrogen-bond donors (Lipinski definition) is 0. The Balaban J connectivity index is 1.65. The van der Waals surface area contributed by atoms with Crippen molar-refractivity contribution < 1.29 is 9.32 Å². The average molecular weight is 333 g/mol. The molecule has 2 aromatic heterocycles. The Morgan fingerprint density at radius 3 is 2.83 bits per heavy atom. The van der Waals surface area contributed by atoms with Gasteiger partial charge in [0.05, 0.1) is 28.4 Å². The van der Waals surface area contributed by atoms with Crippen LogP contribution in [0.3, 0.4) is 0 Å². The number of nitriles is 1. The van der Waals surface area contributed by atoms with E-state index < -0.39 is 5.92 Å². The van der Waals surface area contributed by atoms with Gasteiger partial charge in [-0.3, -0.25) is 4.79 Å². The summed E-state index contributed by atoms with van der Waals surface area (Å²) >= 11 is 1.38. The van der Waals surface area contributed by atoms with Gasteiger partial charge in [0.15, 0.2) is 17.3 Å². The maximum Gasteiger partial charge on any atom is 0.167 e. The van der Waals surface area contributed by atoms with Crippen LogP contribution in [0.25, 0.3) is 21.2 Å². The largest absolute Gasteiger partial charge is 0.356 e. The second kappa shape index (κ2) is 5.87. The van der Waals surface area contributed by atoms with Crippen LogP contribution in [0.4, 0.5) is 0 Å². The molecule has 0 fully saturated rings. The summed E-state index contributed by atoms with van der Waals surface area (Å²) in [5.41, 5.74) is 1.99. The van der Waals surface area contributed by atoms with Crippen LogP contribution in [0, 0.1) is 11.3 Å². The van der Waals surface area contributed by atoms with Gasteiger partial charge >= 0.3 is 0 Å². The highest BCUT2D eigenvalue weighted by atomic mass is 32.1. The van der Waals surface area contributed by atoms with Crippen LogP contribution in [0.5, 0.6) is 0 Å². The van der Waals surface area contributed by atoms with E-state index in [2.05, 4.69) is 16.2 Å². The highest BCUT2D eigenvalue weighted by molar-refractivity contribution is 7.18. The fourth-order valence-corrected chi connectivity index (χ4v) is 3.65. The normalized spacial score (nSPS) is 12.3. The number of nitrogens with zero attached hydrogens (tertiary/aromatic N) is 3. The number of fused-ring (bicyclic) bond motifs is 2. The summed E-state index contributed by atoms with van der Waals surface area (Å²) in [5.74, 6) is -1.12. The average Bonchev–Trinajstić information content (AvgIpc) is 3.20. The summed E-state index contributed by atoms with van der Waals surface area (Å²) in [6.45, 7) is 0. The maximum absolute atomic E-state index is 12.6. The van der Waals surface area contributed by atoms with Gasteiger partial charge in [-0.15, -0.1) is 11.3 Å². The van der Waals surface area contributed by atoms with Gasteiger partial charge in [-0.25, -0.2) is 4.98 Å². The number of carbonyl (C=O) groups is 1. The fourth-order valence-electron chi connectivity index (χ4n) is 2.61. The molecule has 6 heteroatoms. The Labute approximate surface area is 141 Å². The molecule has 0 saturated heterocycles. The minimum Gasteiger partial charge on any atom is -0.356 e. The first-order valence-electron chi connectivity index (χ1n) is 7.37. The molecule has 4 rings (SSSR count). The van der Waals surface area contributed by atoms with Crippen molar-refractivity contribution in [3.05, 3.63) is 59.2 Å². The molecule has 0 saturated carbocycles. The van der Waals surface area contributed by atoms with Crippen LogP contribution in [-0.2, 0) is 11.2 Å². The number of hydrogen-bond acceptors (Lipinski definition) is 6. The number of ketones is 1. The molecule has 0 aliphatic heterocycles. The summed E-state index contributed by atoms with van der Waals surface area (Å²) in [6.07, 6.45) is 0.0468. The van der Waals surface area contributed by atoms with Crippen molar-refractivity contribution in [2.24, 2.45) is 0 Å². The van der Waals surface area contributed by atoms with Gasteiger partial charge in [-0.1, -0.05) is 29.4 Å². The Kier molecular flexibility index (Phi) is 3.56. The topological polar surface area (TPSA) is 79.8 Å². The van der Waals surface area contributed by atoms with Gasteiger partial charge in [0.1, 0.15) is 5.01 Å². The highest BCUT2D eigenvalue weighted by Crippen LogP contribution is 2.29. The number of thiazole rings is 1. The molecule has 0 bridgehead atoms. The van der Waals surface area contributed by atoms with Gasteiger partial charge in [0, 0.05) is 5.39 Å². The number of aromatic nitrogens is 2. The molecule has 1 atom stereocenters. The third-order valence-electron chi connectivity index (χ3n) is 3.80. The number of rotatable bonds is 4. The quantitative estimate of drug-likeness (QED) is 0.566. The predicted molar refractivity (Wildman–Crippen MR) is 90.7 cm³/mol. The lowest BCUT2D eigenvalue weighted by atomic mass is 10.0. The summed E-state index contributed by atoms with van der Waals surface area (Å²) in [7, 11) is 0. The van der Waals surface area contributed by atoms with Crippen molar-refractivity contribution in [2.75, 3.05) is 0 Å². The monoisotopic (exact) mass is 333 g/mol. The fraction of sp³-hybridized carbons (Fsp3) is 0.111. The molecule has 2 heterocycles. The zero-order chi connectivity index (χ0) is 16.5. The van der Waals surface area contributed by atoms with Gasteiger partial charge in [-0.05, 0) is 24.3 Å². The molecule has 4 aromatic rings. The number of carbonyl (C=O) groups excluding carboxylic acids is 1. The Morgan fingerprint density at radius 1 is 1.21 bits per heavy atom. The van der Waals surface area contributed by atoms with Crippen LogP contribution in [0.1, 0.15) is 16.6 Å². The highest BCUT2D eigenvalue weighted by Gasteiger charge is 2.25. The van der Waals surface area contributed by atoms with E-state index in [4.69, 9.17) is 4.52 Å². The second-order valence-corrected chi connectivity index (χ2v) is 6.41. The van der Waals surface area contributed by atoms with E-state index in [1.54, 1.807) is 6.07 Å². The molecular weight excluding hydrogens is 322 g/mol. The molecule has 2 aromatic carbocycles. The molecule has 0 radical (unpaired) electrons. The first-order chi connectivity index (χ1) is 11.8. The Bertz CT molecular complexity index is 1060. The zero-order valence-corrected chi connectivity index (χ0v) is 13.3. The minimum atomic E-state index is -0.891. The summed E-state index contributed by atoms with van der Waals surface area (Å²) in [5, 5.41) is 14.8. The Hall–Kier alpha value is -3.04. The van der Waals surface area contributed by atoms with Crippen molar-refractivity contribution in [3.8, 4) is 6.07 Å². The maximum atomic E-state index is 12.6. The SMILES string of the molecule is N#CC(C(=O)Cc1noc2ccccc12)c1nc2ccccc2s1. The van der Waals surface area contributed by atoms with E-state index in [1.807, 2.05) is 42.5 Å². The third-order valence-corrected chi connectivity index (χ3v) is 4.90. The standard InChI is InChI=1S/C18H11N3O2S/c19-10-12(18-20-13-6-2-4-8-17(13)24-18)15(22)9-14-11-5-1-3-7-16(11)23-21-14/h1-8,12H,9H2. The predicted octanol–water partition coefficient (Wildman–Crippen LogP) is 3.86. The van der Waals surface area contributed by atoms with Gasteiger partial charge in [-0.2, -0.15) is 5.26 Å². The summed E-state index contributed by atoms with van der Waals surface area (Å²) in [4.78, 5) is 17.1. The molecule has 24 heavy (non-hydrogen) atoms. The van der Waals surface area contributed by atoms with Crippen molar-refractivity contribution in [2.45, 2.75) is 12.3 Å². The lowest BCUT2D eigenvalue weighted by Gasteiger charge is -2.03. The number of benzene rings is 2. The zero-order valence-electron chi connectivity index (χ0n) is 12.5. The van der Waals surface area contributed by atoms with Crippen LogP contribution < -0.4 is 0 Å². The van der Waals surface area contributed by atoms with Crippen molar-refractivity contribution in [1.82, 2.24) is 10.1 Å². The third kappa shape index (κ3) is 2.45. The first kappa shape index (κ1) is 14.5. The number of Topliss-reactive ketones (excluding diaryl/α,β-unsaturated/α-hetero) is 1. The van der Waals surface area contributed by atoms with Crippen LogP contribution in [0.15, 0.2) is 53.1 Å². The van der Waals surface area contributed by atoms with Crippen molar-refractivity contribution >= 4 is 38.3 Å². The smallest absolute Gasteiger partial charge is 0.167 e. The lowest BCUT2D eigenvalue weighted by molar-refractivity contribution is -0.118. The van der Waals surface area contributed by atoms with Crippen LogP contribution in [0.2, 0.25) is 0 Å². The van der Waals surface area contributed by atoms with E-state index in [0.29, 0.717) is 16.3 Å². The summed E-state index contributed by atoms with van der Waals surface area (Å²) in [6, 6.07) is 17.0. The van der Waals surface area contributed by atoms with Gasteiger partial charge in [0.25, 0.3) is 0 Å². The molecule has 0 amide bonds. The van der Waals surface area contributed by atoms with Crippen molar-refractivity contribution in [3.63, 3.8) is 0 Å². The molecule has 0 spiro atoms. The van der Waals surface area contributed by atoms with Gasteiger partial charge < -0.3 is 4.52 Å². The van der Waals surface area contributed by atoms with E-state index in [9.17, 15) is 10.1 Å². The second-order valence-electron chi connectivity index (χ2n) is 5.35. The van der Waals surface area contributed by atoms with Crippen LogP contribution >= 0.6 is 11.3 Å². The van der Waals surface area contributed by atoms with E-state index in [-0.39, 0.29) is 12.2 Å². The van der Waals surface area contributed by atoms with Crippen molar-refractivity contribution in [1.29, 1.82) is 5.26 Å². The Morgan fingerprint density at radius 2 is 2.00 bits per heavy atom. The molecule has 116 valence electrons. The van der Waals surface area contributed by atoms with Gasteiger partial charge in [0.2, 0.25) is 0 Å².